The molecular weight excluding hydrogens is 555 g/mol. The molecule has 3 saturated heterocycles. The number of piperazine rings is 1. The molecule has 0 aromatic carbocycles. The Balaban J connectivity index is 1.41. The molecule has 0 bridgehead atoms. The van der Waals surface area contributed by atoms with Crippen molar-refractivity contribution in [2.75, 3.05) is 44.2 Å². The summed E-state index contributed by atoms with van der Waals surface area (Å²) in [4.78, 5) is 28.2. The molecule has 3 fully saturated rings. The van der Waals surface area contributed by atoms with E-state index < -0.39 is 17.9 Å². The zero-order valence-corrected chi connectivity index (χ0v) is 23.7. The molecule has 1 unspecified atom stereocenters. The number of nitriles is 1. The van der Waals surface area contributed by atoms with Gasteiger partial charge in [-0.15, -0.1) is 0 Å². The minimum absolute atomic E-state index is 0.184. The molecule has 3 aliphatic heterocycles. The van der Waals surface area contributed by atoms with E-state index in [1.54, 1.807) is 11.1 Å². The summed E-state index contributed by atoms with van der Waals surface area (Å²) < 4.78 is 26.9. The van der Waals surface area contributed by atoms with Crippen LogP contribution in [0.25, 0.3) is 11.0 Å². The van der Waals surface area contributed by atoms with Crippen molar-refractivity contribution in [3.63, 3.8) is 0 Å². The predicted molar refractivity (Wildman–Crippen MR) is 145 cm³/mol. The summed E-state index contributed by atoms with van der Waals surface area (Å²) >= 11 is 3.49. The summed E-state index contributed by atoms with van der Waals surface area (Å²) in [6.07, 6.45) is 3.14. The molecule has 204 valence electrons. The number of amides is 1. The number of nitrogens with zero attached hydrogens (tertiary/aromatic N) is 6. The summed E-state index contributed by atoms with van der Waals surface area (Å²) in [6.45, 7) is 8.65. The SMILES string of the molecule is CC(C)(C)OC(=O)N1CCN(c2cc(OCC34CCCN3C[C@H](F)C4)nc3cc(Br)cnc23)C[C@@H]1CC#N. The molecule has 9 nitrogen and oxygen atoms in total. The summed E-state index contributed by atoms with van der Waals surface area (Å²) in [5.74, 6) is 0.460. The van der Waals surface area contributed by atoms with E-state index in [1.165, 1.54) is 0 Å². The van der Waals surface area contributed by atoms with Gasteiger partial charge in [-0.05, 0) is 62.2 Å². The minimum Gasteiger partial charge on any atom is -0.476 e. The van der Waals surface area contributed by atoms with Crippen LogP contribution in [0.3, 0.4) is 0 Å². The van der Waals surface area contributed by atoms with E-state index in [1.807, 2.05) is 32.9 Å². The quantitative estimate of drug-likeness (QED) is 0.496. The molecule has 0 saturated carbocycles. The Labute approximate surface area is 231 Å². The highest BCUT2D eigenvalue weighted by Crippen LogP contribution is 2.41. The lowest BCUT2D eigenvalue weighted by atomic mass is 9.95. The first-order chi connectivity index (χ1) is 18.1. The van der Waals surface area contributed by atoms with Crippen LogP contribution in [0.2, 0.25) is 0 Å². The standard InChI is InChI=1S/C27H34BrFN6O3/c1-26(2,3)38-25(36)35-10-9-33(16-20(35)5-7-30)22-12-23(32-21-11-18(28)14-31-24(21)22)37-17-27-6-4-8-34(27)15-19(29)13-27/h11-12,14,19-20H,4-6,8-10,13,15-17H2,1-3H3/t19-,20+,27?/m1/s1. The van der Waals surface area contributed by atoms with Crippen LogP contribution in [0.4, 0.5) is 14.9 Å². The van der Waals surface area contributed by atoms with Crippen LogP contribution in [-0.4, -0.2) is 88.5 Å². The number of aromatic nitrogens is 2. The first kappa shape index (κ1) is 26.9. The number of alkyl halides is 1. The lowest BCUT2D eigenvalue weighted by molar-refractivity contribution is 0.0145. The van der Waals surface area contributed by atoms with Crippen LogP contribution in [0.5, 0.6) is 5.88 Å². The Morgan fingerprint density at radius 1 is 1.29 bits per heavy atom. The van der Waals surface area contributed by atoms with Gasteiger partial charge >= 0.3 is 6.09 Å². The van der Waals surface area contributed by atoms with Gasteiger partial charge < -0.3 is 19.3 Å². The predicted octanol–water partition coefficient (Wildman–Crippen LogP) is 4.69. The van der Waals surface area contributed by atoms with Crippen LogP contribution in [0, 0.1) is 11.3 Å². The molecule has 0 spiro atoms. The molecule has 0 N–H and O–H groups in total. The molecule has 38 heavy (non-hydrogen) atoms. The van der Waals surface area contributed by atoms with Gasteiger partial charge in [0.05, 0.1) is 35.3 Å². The highest BCUT2D eigenvalue weighted by atomic mass is 79.9. The molecule has 2 aromatic rings. The van der Waals surface area contributed by atoms with Gasteiger partial charge in [-0.3, -0.25) is 9.88 Å². The summed E-state index contributed by atoms with van der Waals surface area (Å²) in [5, 5.41) is 9.49. The van der Waals surface area contributed by atoms with Crippen molar-refractivity contribution < 1.29 is 18.7 Å². The van der Waals surface area contributed by atoms with E-state index >= 15 is 0 Å². The number of rotatable bonds is 5. The van der Waals surface area contributed by atoms with Gasteiger partial charge in [0.2, 0.25) is 5.88 Å². The number of anilines is 1. The Hall–Kier alpha value is -2.71. The third kappa shape index (κ3) is 5.52. The average Bonchev–Trinajstić information content (AvgIpc) is 3.36. The van der Waals surface area contributed by atoms with Crippen LogP contribution < -0.4 is 9.64 Å². The molecule has 1 amide bonds. The average molecular weight is 590 g/mol. The van der Waals surface area contributed by atoms with E-state index in [-0.39, 0.29) is 18.0 Å². The molecule has 11 heteroatoms. The van der Waals surface area contributed by atoms with E-state index in [0.29, 0.717) is 56.1 Å². The van der Waals surface area contributed by atoms with Crippen LogP contribution in [0.1, 0.15) is 46.5 Å². The number of carbonyl (C=O) groups is 1. The molecule has 3 atom stereocenters. The second-order valence-electron chi connectivity index (χ2n) is 11.5. The maximum atomic E-state index is 14.3. The highest BCUT2D eigenvalue weighted by Gasteiger charge is 2.49. The van der Waals surface area contributed by atoms with Gasteiger partial charge in [-0.25, -0.2) is 14.2 Å². The molecule has 5 rings (SSSR count). The maximum absolute atomic E-state index is 14.3. The summed E-state index contributed by atoms with van der Waals surface area (Å²) in [5.41, 5.74) is 1.33. The van der Waals surface area contributed by atoms with Crippen molar-refractivity contribution in [3.8, 4) is 11.9 Å². The molecule has 2 aromatic heterocycles. The highest BCUT2D eigenvalue weighted by molar-refractivity contribution is 9.10. The minimum atomic E-state index is -0.822. The van der Waals surface area contributed by atoms with Crippen LogP contribution >= 0.6 is 15.9 Å². The van der Waals surface area contributed by atoms with Crippen LogP contribution in [0.15, 0.2) is 22.8 Å². The van der Waals surface area contributed by atoms with Crippen molar-refractivity contribution in [3.05, 3.63) is 22.8 Å². The van der Waals surface area contributed by atoms with Gasteiger partial charge in [-0.1, -0.05) is 0 Å². The lowest BCUT2D eigenvalue weighted by Crippen LogP contribution is -2.56. The summed E-state index contributed by atoms with van der Waals surface area (Å²) in [7, 11) is 0. The second kappa shape index (κ2) is 10.5. The van der Waals surface area contributed by atoms with Gasteiger partial charge in [-0.2, -0.15) is 5.26 Å². The number of hydrogen-bond acceptors (Lipinski definition) is 8. The van der Waals surface area contributed by atoms with Crippen molar-refractivity contribution in [1.82, 2.24) is 19.8 Å². The number of halogens is 2. The van der Waals surface area contributed by atoms with Gasteiger partial charge in [0.25, 0.3) is 0 Å². The van der Waals surface area contributed by atoms with Crippen molar-refractivity contribution >= 4 is 38.7 Å². The lowest BCUT2D eigenvalue weighted by Gasteiger charge is -2.42. The number of carbonyl (C=O) groups excluding carboxylic acids is 1. The Bertz CT molecular complexity index is 1250. The largest absolute Gasteiger partial charge is 0.476 e. The van der Waals surface area contributed by atoms with Gasteiger partial charge in [0.15, 0.2) is 0 Å². The number of ether oxygens (including phenoxy) is 2. The molecule has 0 radical (unpaired) electrons. The van der Waals surface area contributed by atoms with Crippen molar-refractivity contribution in [2.45, 2.75) is 69.8 Å². The first-order valence-electron chi connectivity index (χ1n) is 13.2. The van der Waals surface area contributed by atoms with E-state index in [0.717, 1.165) is 29.5 Å². The van der Waals surface area contributed by atoms with Crippen molar-refractivity contribution in [2.24, 2.45) is 0 Å². The second-order valence-corrected chi connectivity index (χ2v) is 12.4. The summed E-state index contributed by atoms with van der Waals surface area (Å²) in [6, 6.07) is 5.66. The Morgan fingerprint density at radius 3 is 2.87 bits per heavy atom. The fourth-order valence-electron chi connectivity index (χ4n) is 5.93. The topological polar surface area (TPSA) is 94.8 Å². The smallest absolute Gasteiger partial charge is 0.410 e. The van der Waals surface area contributed by atoms with E-state index in [9.17, 15) is 14.4 Å². The third-order valence-electron chi connectivity index (χ3n) is 7.60. The Kier molecular flexibility index (Phi) is 7.40. The molecule has 3 aliphatic rings. The number of fused-ring (bicyclic) bond motifs is 2. The zero-order chi connectivity index (χ0) is 27.1. The molecule has 0 aliphatic carbocycles. The first-order valence-corrected chi connectivity index (χ1v) is 14.0. The molecule has 5 heterocycles. The number of hydrogen-bond donors (Lipinski definition) is 0. The van der Waals surface area contributed by atoms with Crippen LogP contribution in [-0.2, 0) is 4.74 Å². The maximum Gasteiger partial charge on any atom is 0.410 e. The van der Waals surface area contributed by atoms with Crippen molar-refractivity contribution in [1.29, 1.82) is 5.26 Å². The van der Waals surface area contributed by atoms with E-state index in [2.05, 4.69) is 36.8 Å². The fraction of sp³-hybridized carbons (Fsp3) is 0.630. The molecular formula is C27H34BrFN6O3. The van der Waals surface area contributed by atoms with E-state index in [4.69, 9.17) is 14.5 Å². The Morgan fingerprint density at radius 2 is 2.11 bits per heavy atom. The van der Waals surface area contributed by atoms with Gasteiger partial charge in [0.1, 0.15) is 23.9 Å². The fourth-order valence-corrected chi connectivity index (χ4v) is 6.25. The zero-order valence-electron chi connectivity index (χ0n) is 22.1. The monoisotopic (exact) mass is 588 g/mol. The normalized spacial score (nSPS) is 25.9. The van der Waals surface area contributed by atoms with Gasteiger partial charge in [0, 0.05) is 49.3 Å². The number of pyridine rings is 2. The third-order valence-corrected chi connectivity index (χ3v) is 8.03.